The van der Waals surface area contributed by atoms with Crippen LogP contribution >= 0.6 is 0 Å². The summed E-state index contributed by atoms with van der Waals surface area (Å²) in [7, 11) is 0. The molecule has 0 radical (unpaired) electrons. The minimum Gasteiger partial charge on any atom is -0.369 e. The third-order valence-electron chi connectivity index (χ3n) is 6.49. The van der Waals surface area contributed by atoms with E-state index in [1.54, 1.807) is 0 Å². The summed E-state index contributed by atoms with van der Waals surface area (Å²) in [6, 6.07) is 13.6. The zero-order valence-corrected chi connectivity index (χ0v) is 19.3. The number of aromatic nitrogens is 4. The third-order valence-corrected chi connectivity index (χ3v) is 6.49. The van der Waals surface area contributed by atoms with Crippen LogP contribution in [0.4, 0.5) is 17.1 Å². The Morgan fingerprint density at radius 2 is 1.72 bits per heavy atom. The number of imidazole rings is 1. The molecule has 0 spiro atoms. The van der Waals surface area contributed by atoms with Crippen LogP contribution in [0.2, 0.25) is 0 Å². The molecule has 2 N–H and O–H groups in total. The molecule has 0 aliphatic carbocycles. The largest absolute Gasteiger partial charge is 0.369 e. The van der Waals surface area contributed by atoms with Crippen molar-refractivity contribution in [2.75, 3.05) is 36.4 Å². The van der Waals surface area contributed by atoms with Gasteiger partial charge in [0.15, 0.2) is 5.65 Å². The minimum atomic E-state index is 0.621. The number of nitrogens with zero attached hydrogens (tertiary/aromatic N) is 5. The molecule has 1 saturated heterocycles. The molecule has 0 amide bonds. The Bertz CT molecular complexity index is 1190. The van der Waals surface area contributed by atoms with Crippen molar-refractivity contribution in [2.24, 2.45) is 0 Å². The molecular formula is C25H31N7. The fourth-order valence-corrected chi connectivity index (χ4v) is 4.65. The van der Waals surface area contributed by atoms with Crippen molar-refractivity contribution < 1.29 is 0 Å². The van der Waals surface area contributed by atoms with Gasteiger partial charge < -0.3 is 10.2 Å². The van der Waals surface area contributed by atoms with Crippen LogP contribution in [0.1, 0.15) is 25.2 Å². The second-order valence-electron chi connectivity index (χ2n) is 8.85. The highest BCUT2D eigenvalue weighted by Gasteiger charge is 2.19. The predicted molar refractivity (Wildman–Crippen MR) is 131 cm³/mol. The van der Waals surface area contributed by atoms with Crippen LogP contribution in [0.5, 0.6) is 0 Å². The summed E-state index contributed by atoms with van der Waals surface area (Å²) in [6.07, 6.45) is 3.84. The molecule has 1 aromatic carbocycles. The Hall–Kier alpha value is -3.32. The molecule has 1 aliphatic heterocycles. The first-order valence-electron chi connectivity index (χ1n) is 11.4. The summed E-state index contributed by atoms with van der Waals surface area (Å²) in [6.45, 7) is 13.0. The van der Waals surface area contributed by atoms with Gasteiger partial charge >= 0.3 is 0 Å². The lowest BCUT2D eigenvalue weighted by Crippen LogP contribution is -2.48. The first-order chi connectivity index (χ1) is 15.5. The molecule has 4 aromatic rings. The van der Waals surface area contributed by atoms with E-state index in [-0.39, 0.29) is 0 Å². The molecule has 1 aliphatic rings. The average molecular weight is 430 g/mol. The number of H-pyrrole nitrogens is 1. The lowest BCUT2D eigenvalue weighted by atomic mass is 10.1. The topological polar surface area (TPSA) is 64.5 Å². The number of hydrogen-bond acceptors (Lipinski definition) is 5. The van der Waals surface area contributed by atoms with Gasteiger partial charge in [-0.1, -0.05) is 0 Å². The van der Waals surface area contributed by atoms with E-state index in [0.717, 1.165) is 65.8 Å². The van der Waals surface area contributed by atoms with Crippen LogP contribution in [0.25, 0.3) is 16.9 Å². The molecule has 1 fully saturated rings. The number of nitrogens with one attached hydrogen (secondary N) is 2. The molecule has 4 heterocycles. The second-order valence-corrected chi connectivity index (χ2v) is 8.85. The first-order valence-corrected chi connectivity index (χ1v) is 11.4. The smallest absolute Gasteiger partial charge is 0.161 e. The fraction of sp³-hybridized carbons (Fsp3) is 0.360. The van der Waals surface area contributed by atoms with Gasteiger partial charge in [0.2, 0.25) is 0 Å². The van der Waals surface area contributed by atoms with Crippen molar-refractivity contribution in [1.82, 2.24) is 24.5 Å². The van der Waals surface area contributed by atoms with Gasteiger partial charge in [-0.15, -0.1) is 0 Å². The Kier molecular flexibility index (Phi) is 5.35. The molecule has 0 bridgehead atoms. The molecule has 166 valence electrons. The standard InChI is InChI=1S/C25H31N7/c1-17(2)30-13-15-31(16-14-30)21-7-5-20(6-8-21)27-22-9-10-23(32-12-11-26-25(22)32)24-18(3)28-29-19(24)4/h5-12,17,27H,13-16H2,1-4H3,(H,28,29). The molecule has 3 aromatic heterocycles. The second kappa shape index (κ2) is 8.31. The first kappa shape index (κ1) is 20.6. The average Bonchev–Trinajstić information content (AvgIpc) is 3.42. The van der Waals surface area contributed by atoms with Gasteiger partial charge in [0.1, 0.15) is 0 Å². The lowest BCUT2D eigenvalue weighted by Gasteiger charge is -2.38. The molecule has 5 rings (SSSR count). The van der Waals surface area contributed by atoms with E-state index in [0.29, 0.717) is 6.04 Å². The van der Waals surface area contributed by atoms with Crippen molar-refractivity contribution in [1.29, 1.82) is 0 Å². The van der Waals surface area contributed by atoms with Crippen molar-refractivity contribution in [3.8, 4) is 11.3 Å². The molecule has 7 heteroatoms. The van der Waals surface area contributed by atoms with Crippen LogP contribution in [0.3, 0.4) is 0 Å². The van der Waals surface area contributed by atoms with Crippen molar-refractivity contribution >= 4 is 22.7 Å². The van der Waals surface area contributed by atoms with Crippen molar-refractivity contribution in [3.63, 3.8) is 0 Å². The quantitative estimate of drug-likeness (QED) is 0.485. The SMILES string of the molecule is Cc1n[nH]c(C)c1-c1ccc(Nc2ccc(N3CCN(C(C)C)CC3)cc2)c2nccn12. The molecule has 0 saturated carbocycles. The van der Waals surface area contributed by atoms with Crippen LogP contribution in [-0.2, 0) is 0 Å². The normalized spacial score (nSPS) is 15.1. The number of benzene rings is 1. The summed E-state index contributed by atoms with van der Waals surface area (Å²) in [4.78, 5) is 9.63. The molecule has 32 heavy (non-hydrogen) atoms. The Morgan fingerprint density at radius 3 is 2.38 bits per heavy atom. The predicted octanol–water partition coefficient (Wildman–Crippen LogP) is 4.62. The highest BCUT2D eigenvalue weighted by Crippen LogP contribution is 2.31. The number of fused-ring (bicyclic) bond motifs is 1. The summed E-state index contributed by atoms with van der Waals surface area (Å²) < 4.78 is 2.12. The number of rotatable bonds is 5. The zero-order valence-electron chi connectivity index (χ0n) is 19.3. The third kappa shape index (κ3) is 3.73. The van der Waals surface area contributed by atoms with Gasteiger partial charge in [0.05, 0.1) is 17.1 Å². The van der Waals surface area contributed by atoms with Crippen LogP contribution < -0.4 is 10.2 Å². The maximum Gasteiger partial charge on any atom is 0.161 e. The molecule has 0 unspecified atom stereocenters. The highest BCUT2D eigenvalue weighted by atomic mass is 15.3. The van der Waals surface area contributed by atoms with Crippen molar-refractivity contribution in [3.05, 3.63) is 60.2 Å². The van der Waals surface area contributed by atoms with E-state index in [1.165, 1.54) is 5.69 Å². The number of aromatic amines is 1. The summed E-state index contributed by atoms with van der Waals surface area (Å²) in [5.74, 6) is 0. The van der Waals surface area contributed by atoms with Gasteiger partial charge in [-0.05, 0) is 64.1 Å². The monoisotopic (exact) mass is 429 g/mol. The molecular weight excluding hydrogens is 398 g/mol. The van der Waals surface area contributed by atoms with Gasteiger partial charge in [-0.3, -0.25) is 14.4 Å². The summed E-state index contributed by atoms with van der Waals surface area (Å²) in [5, 5.41) is 11.0. The molecule has 7 nitrogen and oxygen atoms in total. The van der Waals surface area contributed by atoms with Gasteiger partial charge in [0, 0.05) is 67.2 Å². The Labute approximate surface area is 189 Å². The van der Waals surface area contributed by atoms with Crippen LogP contribution in [0.15, 0.2) is 48.8 Å². The zero-order chi connectivity index (χ0) is 22.2. The maximum atomic E-state index is 4.61. The highest BCUT2D eigenvalue weighted by molar-refractivity contribution is 5.79. The minimum absolute atomic E-state index is 0.621. The lowest BCUT2D eigenvalue weighted by molar-refractivity contribution is 0.209. The van der Waals surface area contributed by atoms with E-state index >= 15 is 0 Å². The van der Waals surface area contributed by atoms with E-state index in [1.807, 2.05) is 19.3 Å². The number of anilines is 3. The van der Waals surface area contributed by atoms with E-state index in [2.05, 4.69) is 91.9 Å². The number of pyridine rings is 1. The molecule has 0 atom stereocenters. The van der Waals surface area contributed by atoms with E-state index in [4.69, 9.17) is 0 Å². The fourth-order valence-electron chi connectivity index (χ4n) is 4.65. The van der Waals surface area contributed by atoms with E-state index < -0.39 is 0 Å². The van der Waals surface area contributed by atoms with Crippen molar-refractivity contribution in [2.45, 2.75) is 33.7 Å². The summed E-state index contributed by atoms with van der Waals surface area (Å²) >= 11 is 0. The van der Waals surface area contributed by atoms with E-state index in [9.17, 15) is 0 Å². The van der Waals surface area contributed by atoms with Gasteiger partial charge in [0.25, 0.3) is 0 Å². The Balaban J connectivity index is 1.36. The number of hydrogen-bond donors (Lipinski definition) is 2. The van der Waals surface area contributed by atoms with Gasteiger partial charge in [-0.2, -0.15) is 5.10 Å². The maximum absolute atomic E-state index is 4.61. The number of piperazine rings is 1. The Morgan fingerprint density at radius 1 is 0.969 bits per heavy atom. The summed E-state index contributed by atoms with van der Waals surface area (Å²) in [5.41, 5.74) is 8.48. The van der Waals surface area contributed by atoms with Crippen LogP contribution in [-0.4, -0.2) is 56.7 Å². The van der Waals surface area contributed by atoms with Gasteiger partial charge in [-0.25, -0.2) is 4.98 Å². The number of aryl methyl sites for hydroxylation is 2. The van der Waals surface area contributed by atoms with Crippen LogP contribution in [0, 0.1) is 13.8 Å².